The Labute approximate surface area is 401 Å². The van der Waals surface area contributed by atoms with Crippen LogP contribution in [-0.2, 0) is 0 Å². The summed E-state index contributed by atoms with van der Waals surface area (Å²) in [5.74, 6) is 0. The number of hydrogen-bond donors (Lipinski definition) is 0. The fourth-order valence-corrected chi connectivity index (χ4v) is 13.2. The quantitative estimate of drug-likeness (QED) is 0.161. The van der Waals surface area contributed by atoms with Gasteiger partial charge in [-0.2, -0.15) is 0 Å². The first kappa shape index (κ1) is 37.3. The zero-order valence-electron chi connectivity index (χ0n) is 37.0. The van der Waals surface area contributed by atoms with E-state index >= 15 is 0 Å². The normalized spacial score (nSPS) is 13.1. The third-order valence-corrected chi connectivity index (χ3v) is 16.0. The molecular weight excluding hydrogens is 860 g/mol. The van der Waals surface area contributed by atoms with Crippen LogP contribution in [0, 0.1) is 0 Å². The Morgan fingerprint density at radius 1 is 0.420 bits per heavy atom. The molecule has 5 nitrogen and oxygen atoms in total. The summed E-state index contributed by atoms with van der Waals surface area (Å²) in [6.07, 6.45) is 0. The third kappa shape index (κ3) is 5.04. The molecule has 3 aliphatic rings. The molecule has 0 spiro atoms. The lowest BCUT2D eigenvalue weighted by Gasteiger charge is -2.45. The Hall–Kier alpha value is -8.78. The van der Waals surface area contributed by atoms with E-state index in [-0.39, 0.29) is 6.71 Å². The average molecular weight is 897 g/mol. The summed E-state index contributed by atoms with van der Waals surface area (Å²) in [7, 11) is 0. The molecule has 0 bridgehead atoms. The summed E-state index contributed by atoms with van der Waals surface area (Å²) in [5.41, 5.74) is 20.2. The molecule has 0 saturated carbocycles. The van der Waals surface area contributed by atoms with Crippen LogP contribution in [-0.4, -0.2) is 11.3 Å². The van der Waals surface area contributed by atoms with Crippen LogP contribution in [0.2, 0.25) is 0 Å². The second-order valence-electron chi connectivity index (χ2n) is 18.4. The molecule has 3 aliphatic heterocycles. The molecule has 69 heavy (non-hydrogen) atoms. The van der Waals surface area contributed by atoms with E-state index in [0.29, 0.717) is 0 Å². The molecule has 320 valence electrons. The van der Waals surface area contributed by atoms with Crippen molar-refractivity contribution in [1.82, 2.24) is 4.57 Å². The summed E-state index contributed by atoms with van der Waals surface area (Å²) in [4.78, 5) is 7.57. The molecule has 3 aromatic heterocycles. The van der Waals surface area contributed by atoms with Gasteiger partial charge in [0.25, 0.3) is 6.71 Å². The topological polar surface area (TPSA) is 27.8 Å². The Kier molecular flexibility index (Phi) is 7.52. The second-order valence-corrected chi connectivity index (χ2v) is 19.5. The van der Waals surface area contributed by atoms with E-state index < -0.39 is 0 Å². The number of rotatable bonds is 5. The first-order chi connectivity index (χ1) is 34.3. The van der Waals surface area contributed by atoms with Crippen molar-refractivity contribution >= 4 is 139 Å². The number of hydrogen-bond acceptors (Lipinski definition) is 5. The van der Waals surface area contributed by atoms with Crippen molar-refractivity contribution in [3.05, 3.63) is 224 Å². The van der Waals surface area contributed by atoms with Crippen LogP contribution >= 0.6 is 11.3 Å². The van der Waals surface area contributed by atoms with Crippen molar-refractivity contribution in [2.75, 3.05) is 14.7 Å². The smallest absolute Gasteiger partial charge is 0.297 e. The molecule has 0 unspecified atom stereocenters. The van der Waals surface area contributed by atoms with Gasteiger partial charge in [0.15, 0.2) is 0 Å². The van der Waals surface area contributed by atoms with E-state index in [2.05, 4.69) is 244 Å². The van der Waals surface area contributed by atoms with Crippen LogP contribution in [0.15, 0.2) is 229 Å². The zero-order valence-corrected chi connectivity index (χ0v) is 37.9. The molecular formula is C62H37BN4OS. The monoisotopic (exact) mass is 896 g/mol. The molecule has 0 aliphatic carbocycles. The highest BCUT2D eigenvalue weighted by Gasteiger charge is 2.49. The number of nitrogens with zero attached hydrogens (tertiary/aromatic N) is 4. The van der Waals surface area contributed by atoms with Crippen LogP contribution in [0.3, 0.4) is 0 Å². The number of benzene rings is 10. The van der Waals surface area contributed by atoms with Gasteiger partial charge in [0.2, 0.25) is 0 Å². The summed E-state index contributed by atoms with van der Waals surface area (Å²) >= 11 is 1.86. The average Bonchev–Trinajstić information content (AvgIpc) is 4.10. The van der Waals surface area contributed by atoms with Gasteiger partial charge in [0, 0.05) is 59.1 Å². The van der Waals surface area contributed by atoms with Crippen LogP contribution in [0.5, 0.6) is 0 Å². The first-order valence-corrected chi connectivity index (χ1v) is 24.4. The Bertz CT molecular complexity index is 4250. The zero-order chi connectivity index (χ0) is 44.9. The van der Waals surface area contributed by atoms with Gasteiger partial charge < -0.3 is 23.7 Å². The molecule has 0 amide bonds. The highest BCUT2D eigenvalue weighted by Crippen LogP contribution is 2.56. The van der Waals surface area contributed by atoms with Crippen molar-refractivity contribution < 1.29 is 4.42 Å². The Balaban J connectivity index is 1.09. The summed E-state index contributed by atoms with van der Waals surface area (Å²) in [6, 6.07) is 82.4. The van der Waals surface area contributed by atoms with Crippen molar-refractivity contribution in [2.45, 2.75) is 0 Å². The fraction of sp³-hybridized carbons (Fsp3) is 0. The minimum atomic E-state index is -0.225. The molecule has 16 rings (SSSR count). The number of para-hydroxylation sites is 5. The van der Waals surface area contributed by atoms with Crippen molar-refractivity contribution in [2.24, 2.45) is 0 Å². The van der Waals surface area contributed by atoms with Crippen LogP contribution in [0.1, 0.15) is 0 Å². The predicted octanol–water partition coefficient (Wildman–Crippen LogP) is 15.4. The Morgan fingerprint density at radius 3 is 1.84 bits per heavy atom. The van der Waals surface area contributed by atoms with E-state index in [1.165, 1.54) is 69.8 Å². The van der Waals surface area contributed by atoms with Gasteiger partial charge in [-0.05, 0) is 107 Å². The van der Waals surface area contributed by atoms with Crippen molar-refractivity contribution in [3.63, 3.8) is 0 Å². The molecule has 10 aromatic carbocycles. The Morgan fingerprint density at radius 2 is 1.04 bits per heavy atom. The lowest BCUT2D eigenvalue weighted by Crippen LogP contribution is -2.61. The third-order valence-electron chi connectivity index (χ3n) is 14.8. The standard InChI is InChI=1S/C62H37BN4OS/c1-4-17-38(18-5-1)39-33-34-54-46(35-39)60-62(68-54)63-47-26-15-30-51-61(47)67(50-29-14-25-44-43-23-10-12-27-48(43)65(51)59(44)50)53-37-42(64(40-19-6-2-7-20-40)41-21-8-3-9-22-41)36-52(58(53)63)66(60)49-28-16-32-56-57(49)45-24-11-13-31-55(45)69-56/h1-37H. The summed E-state index contributed by atoms with van der Waals surface area (Å²) < 4.78 is 12.5. The number of fused-ring (bicyclic) bond motifs is 14. The number of anilines is 9. The molecule has 0 radical (unpaired) electrons. The maximum absolute atomic E-state index is 7.47. The number of thiophene rings is 1. The van der Waals surface area contributed by atoms with E-state index in [1.807, 2.05) is 11.3 Å². The van der Waals surface area contributed by atoms with Gasteiger partial charge in [-0.25, -0.2) is 0 Å². The maximum Gasteiger partial charge on any atom is 0.297 e. The van der Waals surface area contributed by atoms with Crippen LogP contribution in [0.4, 0.5) is 51.2 Å². The minimum Gasteiger partial charge on any atom is -0.468 e. The largest absolute Gasteiger partial charge is 0.468 e. The highest BCUT2D eigenvalue weighted by molar-refractivity contribution is 7.26. The highest BCUT2D eigenvalue weighted by atomic mass is 32.1. The minimum absolute atomic E-state index is 0.225. The fourth-order valence-electron chi connectivity index (χ4n) is 12.1. The van der Waals surface area contributed by atoms with Gasteiger partial charge in [-0.1, -0.05) is 140 Å². The van der Waals surface area contributed by atoms with E-state index in [0.717, 1.165) is 67.7 Å². The van der Waals surface area contributed by atoms with Gasteiger partial charge in [0.1, 0.15) is 5.58 Å². The van der Waals surface area contributed by atoms with Crippen molar-refractivity contribution in [3.8, 4) is 16.8 Å². The summed E-state index contributed by atoms with van der Waals surface area (Å²) in [5, 5.41) is 6.06. The van der Waals surface area contributed by atoms with E-state index in [1.54, 1.807) is 0 Å². The maximum atomic E-state index is 7.47. The van der Waals surface area contributed by atoms with Gasteiger partial charge in [-0.3, -0.25) is 0 Å². The molecule has 0 atom stereocenters. The molecule has 6 heterocycles. The van der Waals surface area contributed by atoms with Crippen LogP contribution in [0.25, 0.3) is 69.8 Å². The van der Waals surface area contributed by atoms with E-state index in [9.17, 15) is 0 Å². The molecule has 0 saturated heterocycles. The molecule has 7 heteroatoms. The number of furan rings is 1. The van der Waals surface area contributed by atoms with E-state index in [4.69, 9.17) is 4.42 Å². The second kappa shape index (κ2) is 13.9. The predicted molar refractivity (Wildman–Crippen MR) is 291 cm³/mol. The SMILES string of the molecule is c1ccc(-c2ccc3oc4c(c3c2)N(c2cccc3sc5ccccc5c23)c2cc(N(c3ccccc3)c3ccccc3)cc3c2B4c2cccc4c2N3c2cccc3c5ccccc5n-4c23)cc1. The molecule has 13 aromatic rings. The van der Waals surface area contributed by atoms with Gasteiger partial charge in [-0.15, -0.1) is 11.3 Å². The first-order valence-electron chi connectivity index (χ1n) is 23.6. The number of aromatic nitrogens is 1. The molecule has 0 fully saturated rings. The lowest BCUT2D eigenvalue weighted by atomic mass is 9.35. The molecule has 0 N–H and O–H groups in total. The summed E-state index contributed by atoms with van der Waals surface area (Å²) in [6.45, 7) is -0.225. The van der Waals surface area contributed by atoms with Gasteiger partial charge in [0.05, 0.1) is 50.8 Å². The van der Waals surface area contributed by atoms with Crippen LogP contribution < -0.4 is 31.3 Å². The van der Waals surface area contributed by atoms with Crippen molar-refractivity contribution in [1.29, 1.82) is 0 Å². The van der Waals surface area contributed by atoms with Gasteiger partial charge >= 0.3 is 0 Å². The lowest BCUT2D eigenvalue weighted by molar-refractivity contribution is 0.651.